The van der Waals surface area contributed by atoms with E-state index in [1.165, 1.54) is 0 Å². The van der Waals surface area contributed by atoms with Crippen LogP contribution in [0.25, 0.3) is 5.82 Å². The minimum atomic E-state index is -0.279. The number of piperidine rings is 1. The summed E-state index contributed by atoms with van der Waals surface area (Å²) in [6, 6.07) is 10.6. The topological polar surface area (TPSA) is 105 Å². The number of carbonyl (C=O) groups excluding carboxylic acids is 2. The van der Waals surface area contributed by atoms with E-state index in [4.69, 9.17) is 0 Å². The highest BCUT2D eigenvalue weighted by Gasteiger charge is 2.24. The lowest BCUT2D eigenvalue weighted by atomic mass is 10.1. The zero-order valence-electron chi connectivity index (χ0n) is 16.3. The lowest BCUT2D eigenvalue weighted by molar-refractivity contribution is 0.0913. The van der Waals surface area contributed by atoms with Gasteiger partial charge >= 0.3 is 6.03 Å². The predicted octanol–water partition coefficient (Wildman–Crippen LogP) is 3.61. The van der Waals surface area contributed by atoms with Gasteiger partial charge in [0, 0.05) is 35.5 Å². The standard InChI is InChI=1S/C20H19Br2N7O2/c21-13-1-3-15(4-2-13)25-20(31)28-9-7-16(8-10-28)24-19(30)17-5-6-18(27-26-17)29-12-14(22)11-23-29/h1-6,11-12,16H,7-10H2,(H,24,30)(H,25,31). The molecule has 2 N–H and O–H groups in total. The number of aromatic nitrogens is 4. The highest BCUT2D eigenvalue weighted by Crippen LogP contribution is 2.17. The number of carbonyl (C=O) groups is 2. The molecule has 1 aromatic carbocycles. The molecule has 3 aromatic rings. The van der Waals surface area contributed by atoms with Gasteiger partial charge in [-0.25, -0.2) is 9.48 Å². The first-order chi connectivity index (χ1) is 15.0. The fraction of sp³-hybridized carbons (Fsp3) is 0.250. The Labute approximate surface area is 195 Å². The van der Waals surface area contributed by atoms with Crippen molar-refractivity contribution in [1.82, 2.24) is 30.2 Å². The summed E-state index contributed by atoms with van der Waals surface area (Å²) in [5.41, 5.74) is 0.985. The first-order valence-electron chi connectivity index (χ1n) is 9.64. The Morgan fingerprint density at radius 3 is 2.32 bits per heavy atom. The number of nitrogens with one attached hydrogen (secondary N) is 2. The second-order valence-corrected chi connectivity index (χ2v) is 8.88. The number of urea groups is 1. The Bertz CT molecular complexity index is 1060. The zero-order chi connectivity index (χ0) is 21.8. The van der Waals surface area contributed by atoms with E-state index in [-0.39, 0.29) is 23.7 Å². The normalized spacial score (nSPS) is 14.3. The van der Waals surface area contributed by atoms with Gasteiger partial charge in [0.15, 0.2) is 11.5 Å². The van der Waals surface area contributed by atoms with Crippen LogP contribution in [0.1, 0.15) is 23.3 Å². The highest BCUT2D eigenvalue weighted by molar-refractivity contribution is 9.10. The smallest absolute Gasteiger partial charge is 0.321 e. The number of hydrogen-bond donors (Lipinski definition) is 2. The lowest BCUT2D eigenvalue weighted by Crippen LogP contribution is -2.47. The van der Waals surface area contributed by atoms with Crippen LogP contribution in [-0.2, 0) is 0 Å². The van der Waals surface area contributed by atoms with Gasteiger partial charge in [-0.15, -0.1) is 10.2 Å². The maximum Gasteiger partial charge on any atom is 0.321 e. The quantitative estimate of drug-likeness (QED) is 0.518. The van der Waals surface area contributed by atoms with Crippen molar-refractivity contribution in [2.24, 2.45) is 0 Å². The molecule has 1 saturated heterocycles. The Balaban J connectivity index is 1.27. The van der Waals surface area contributed by atoms with Crippen LogP contribution in [0.4, 0.5) is 10.5 Å². The van der Waals surface area contributed by atoms with E-state index in [1.807, 2.05) is 24.3 Å². The van der Waals surface area contributed by atoms with Gasteiger partial charge in [0.1, 0.15) is 0 Å². The predicted molar refractivity (Wildman–Crippen MR) is 122 cm³/mol. The van der Waals surface area contributed by atoms with Gasteiger partial charge in [-0.05, 0) is 65.2 Å². The monoisotopic (exact) mass is 547 g/mol. The number of amides is 3. The number of halogens is 2. The van der Waals surface area contributed by atoms with Crippen LogP contribution in [0.5, 0.6) is 0 Å². The van der Waals surface area contributed by atoms with E-state index in [0.29, 0.717) is 31.7 Å². The van der Waals surface area contributed by atoms with Gasteiger partial charge in [0.2, 0.25) is 0 Å². The van der Waals surface area contributed by atoms with Crippen molar-refractivity contribution in [2.75, 3.05) is 18.4 Å². The number of likely N-dealkylation sites (tertiary alicyclic amines) is 1. The van der Waals surface area contributed by atoms with Crippen molar-refractivity contribution < 1.29 is 9.59 Å². The average molecular weight is 549 g/mol. The second kappa shape index (κ2) is 9.56. The summed E-state index contributed by atoms with van der Waals surface area (Å²) in [4.78, 5) is 26.7. The van der Waals surface area contributed by atoms with Crippen LogP contribution in [0.3, 0.4) is 0 Å². The maximum atomic E-state index is 12.5. The summed E-state index contributed by atoms with van der Waals surface area (Å²) in [6.45, 7) is 1.12. The molecule has 3 amide bonds. The Morgan fingerprint density at radius 2 is 1.71 bits per heavy atom. The summed E-state index contributed by atoms with van der Waals surface area (Å²) in [7, 11) is 0. The van der Waals surface area contributed by atoms with Crippen LogP contribution in [0.2, 0.25) is 0 Å². The van der Waals surface area contributed by atoms with E-state index in [0.717, 1.165) is 14.6 Å². The van der Waals surface area contributed by atoms with Crippen molar-refractivity contribution in [2.45, 2.75) is 18.9 Å². The number of nitrogens with zero attached hydrogens (tertiary/aromatic N) is 5. The van der Waals surface area contributed by atoms with Crippen molar-refractivity contribution in [3.8, 4) is 5.82 Å². The third kappa shape index (κ3) is 5.47. The highest BCUT2D eigenvalue weighted by atomic mass is 79.9. The molecule has 3 heterocycles. The molecule has 160 valence electrons. The lowest BCUT2D eigenvalue weighted by Gasteiger charge is -2.32. The molecule has 0 radical (unpaired) electrons. The fourth-order valence-electron chi connectivity index (χ4n) is 3.22. The zero-order valence-corrected chi connectivity index (χ0v) is 19.5. The van der Waals surface area contributed by atoms with E-state index >= 15 is 0 Å². The molecular formula is C20H19Br2N7O2. The molecule has 4 rings (SSSR count). The van der Waals surface area contributed by atoms with Crippen molar-refractivity contribution in [3.63, 3.8) is 0 Å². The van der Waals surface area contributed by atoms with E-state index in [9.17, 15) is 9.59 Å². The van der Waals surface area contributed by atoms with Crippen molar-refractivity contribution in [3.05, 3.63) is 63.4 Å². The van der Waals surface area contributed by atoms with E-state index in [1.54, 1.807) is 34.1 Å². The molecule has 9 nitrogen and oxygen atoms in total. The minimum Gasteiger partial charge on any atom is -0.348 e. The van der Waals surface area contributed by atoms with E-state index in [2.05, 4.69) is 57.8 Å². The summed E-state index contributed by atoms with van der Waals surface area (Å²) < 4.78 is 3.34. The third-order valence-electron chi connectivity index (χ3n) is 4.88. The molecule has 0 aliphatic carbocycles. The fourth-order valence-corrected chi connectivity index (χ4v) is 3.77. The van der Waals surface area contributed by atoms with Gasteiger partial charge in [-0.1, -0.05) is 15.9 Å². The summed E-state index contributed by atoms with van der Waals surface area (Å²) in [5.74, 6) is 0.241. The maximum absolute atomic E-state index is 12.5. The van der Waals surface area contributed by atoms with Crippen LogP contribution < -0.4 is 10.6 Å². The average Bonchev–Trinajstić information content (AvgIpc) is 3.22. The molecular weight excluding hydrogens is 530 g/mol. The van der Waals surface area contributed by atoms with Gasteiger partial charge in [0.05, 0.1) is 10.7 Å². The number of hydrogen-bond acceptors (Lipinski definition) is 5. The molecule has 0 spiro atoms. The third-order valence-corrected chi connectivity index (χ3v) is 5.82. The Kier molecular flexibility index (Phi) is 6.62. The molecule has 2 aromatic heterocycles. The second-order valence-electron chi connectivity index (χ2n) is 7.05. The molecule has 31 heavy (non-hydrogen) atoms. The van der Waals surface area contributed by atoms with Gasteiger partial charge < -0.3 is 15.5 Å². The van der Waals surface area contributed by atoms with Gasteiger partial charge in [0.25, 0.3) is 5.91 Å². The Hall–Kier alpha value is -2.79. The molecule has 0 unspecified atom stereocenters. The summed E-state index contributed by atoms with van der Waals surface area (Å²) in [5, 5.41) is 18.1. The number of anilines is 1. The molecule has 1 aliphatic rings. The molecule has 0 atom stereocenters. The van der Waals surface area contributed by atoms with Crippen LogP contribution in [0.15, 0.2) is 57.7 Å². The first kappa shape index (κ1) is 21.4. The van der Waals surface area contributed by atoms with Gasteiger partial charge in [-0.3, -0.25) is 4.79 Å². The number of rotatable bonds is 4. The molecule has 0 saturated carbocycles. The van der Waals surface area contributed by atoms with Crippen LogP contribution >= 0.6 is 31.9 Å². The summed E-state index contributed by atoms with van der Waals surface area (Å²) >= 11 is 6.70. The van der Waals surface area contributed by atoms with Crippen LogP contribution in [-0.4, -0.2) is 55.9 Å². The Morgan fingerprint density at radius 1 is 0.968 bits per heavy atom. The van der Waals surface area contributed by atoms with Crippen LogP contribution in [0, 0.1) is 0 Å². The summed E-state index contributed by atoms with van der Waals surface area (Å²) in [6.07, 6.45) is 4.75. The molecule has 11 heteroatoms. The van der Waals surface area contributed by atoms with Crippen molar-refractivity contribution >= 4 is 49.5 Å². The minimum absolute atomic E-state index is 0.0206. The van der Waals surface area contributed by atoms with Crippen molar-refractivity contribution in [1.29, 1.82) is 0 Å². The molecule has 1 fully saturated rings. The molecule has 0 bridgehead atoms. The van der Waals surface area contributed by atoms with Gasteiger partial charge in [-0.2, -0.15) is 5.10 Å². The molecule has 1 aliphatic heterocycles. The van der Waals surface area contributed by atoms with E-state index < -0.39 is 0 Å². The largest absolute Gasteiger partial charge is 0.348 e. The first-order valence-corrected chi connectivity index (χ1v) is 11.2. The number of benzene rings is 1. The SMILES string of the molecule is O=C(NC1CCN(C(=O)Nc2ccc(Br)cc2)CC1)c1ccc(-n2cc(Br)cn2)nn1.